The van der Waals surface area contributed by atoms with E-state index in [1.165, 1.54) is 36.1 Å². The van der Waals surface area contributed by atoms with E-state index in [2.05, 4.69) is 4.72 Å². The second-order valence-corrected chi connectivity index (χ2v) is 9.19. The fourth-order valence-corrected chi connectivity index (χ4v) is 4.10. The van der Waals surface area contributed by atoms with Gasteiger partial charge in [-0.15, -0.1) is 0 Å². The van der Waals surface area contributed by atoms with E-state index in [4.69, 9.17) is 9.84 Å². The molecule has 0 atom stereocenters. The summed E-state index contributed by atoms with van der Waals surface area (Å²) in [6, 6.07) is 10.3. The number of rotatable bonds is 5. The molecule has 0 spiro atoms. The SMILES string of the molecule is CC(=O)N1CC(C)(C)Oc2ccc(S(=O)(=O)NCc3ccc(C(=O)O)cc3)cc21. The van der Waals surface area contributed by atoms with E-state index >= 15 is 0 Å². The fourth-order valence-electron chi connectivity index (χ4n) is 3.07. The van der Waals surface area contributed by atoms with Gasteiger partial charge in [0.2, 0.25) is 15.9 Å². The Hall–Kier alpha value is -2.91. The standard InChI is InChI=1S/C20H22N2O6S/c1-13(23)22-12-20(2,3)28-18-9-8-16(10-17(18)22)29(26,27)21-11-14-4-6-15(7-5-14)19(24)25/h4-10,21H,11-12H2,1-3H3,(H,24,25). The van der Waals surface area contributed by atoms with Crippen LogP contribution in [0.5, 0.6) is 5.75 Å². The van der Waals surface area contributed by atoms with Crippen molar-refractivity contribution in [2.24, 2.45) is 0 Å². The van der Waals surface area contributed by atoms with Gasteiger partial charge in [0.25, 0.3) is 0 Å². The first-order chi connectivity index (χ1) is 13.5. The molecule has 3 rings (SSSR count). The van der Waals surface area contributed by atoms with E-state index in [0.717, 1.165) is 0 Å². The highest BCUT2D eigenvalue weighted by atomic mass is 32.2. The number of hydrogen-bond acceptors (Lipinski definition) is 5. The second-order valence-electron chi connectivity index (χ2n) is 7.42. The molecule has 0 bridgehead atoms. The highest BCUT2D eigenvalue weighted by Gasteiger charge is 2.34. The van der Waals surface area contributed by atoms with Crippen LogP contribution in [0.3, 0.4) is 0 Å². The number of carbonyl (C=O) groups is 2. The van der Waals surface area contributed by atoms with Gasteiger partial charge in [-0.3, -0.25) is 4.79 Å². The van der Waals surface area contributed by atoms with Crippen LogP contribution in [-0.2, 0) is 21.4 Å². The maximum Gasteiger partial charge on any atom is 0.335 e. The van der Waals surface area contributed by atoms with E-state index in [9.17, 15) is 18.0 Å². The summed E-state index contributed by atoms with van der Waals surface area (Å²) in [7, 11) is -3.86. The lowest BCUT2D eigenvalue weighted by molar-refractivity contribution is -0.117. The molecular weight excluding hydrogens is 396 g/mol. The van der Waals surface area contributed by atoms with Gasteiger partial charge in [-0.25, -0.2) is 17.9 Å². The number of aromatic carboxylic acids is 1. The number of hydrogen-bond donors (Lipinski definition) is 2. The number of benzene rings is 2. The molecule has 1 aliphatic heterocycles. The second kappa shape index (κ2) is 7.49. The van der Waals surface area contributed by atoms with Gasteiger partial charge in [-0.05, 0) is 49.7 Å². The van der Waals surface area contributed by atoms with Crippen molar-refractivity contribution in [1.82, 2.24) is 4.72 Å². The molecule has 0 fully saturated rings. The number of fused-ring (bicyclic) bond motifs is 1. The van der Waals surface area contributed by atoms with E-state index in [0.29, 0.717) is 23.5 Å². The molecule has 0 saturated carbocycles. The third kappa shape index (κ3) is 4.57. The van der Waals surface area contributed by atoms with Gasteiger partial charge in [0, 0.05) is 13.5 Å². The van der Waals surface area contributed by atoms with Gasteiger partial charge in [-0.1, -0.05) is 12.1 Å². The summed E-state index contributed by atoms with van der Waals surface area (Å²) in [4.78, 5) is 24.5. The van der Waals surface area contributed by atoms with Crippen molar-refractivity contribution in [3.05, 3.63) is 53.6 Å². The van der Waals surface area contributed by atoms with Crippen molar-refractivity contribution < 1.29 is 27.9 Å². The molecule has 154 valence electrons. The summed E-state index contributed by atoms with van der Waals surface area (Å²) in [6.07, 6.45) is 0. The first-order valence-electron chi connectivity index (χ1n) is 8.92. The maximum atomic E-state index is 12.7. The Bertz CT molecular complexity index is 1060. The van der Waals surface area contributed by atoms with Crippen LogP contribution in [0.1, 0.15) is 36.7 Å². The molecule has 9 heteroatoms. The minimum Gasteiger partial charge on any atom is -0.484 e. The minimum atomic E-state index is -3.86. The van der Waals surface area contributed by atoms with Crippen LogP contribution in [0, 0.1) is 0 Å². The molecule has 0 aliphatic carbocycles. The minimum absolute atomic E-state index is 0.000723. The van der Waals surface area contributed by atoms with Crippen molar-refractivity contribution in [1.29, 1.82) is 0 Å². The Labute approximate surface area is 169 Å². The summed E-state index contributed by atoms with van der Waals surface area (Å²) in [5.74, 6) is -0.810. The number of amides is 1. The highest BCUT2D eigenvalue weighted by Crippen LogP contribution is 2.38. The van der Waals surface area contributed by atoms with Gasteiger partial charge in [0.15, 0.2) is 0 Å². The number of carboxylic acids is 1. The largest absolute Gasteiger partial charge is 0.484 e. The molecule has 1 heterocycles. The normalized spacial score (nSPS) is 15.3. The van der Waals surface area contributed by atoms with Crippen LogP contribution in [0.2, 0.25) is 0 Å². The summed E-state index contributed by atoms with van der Waals surface area (Å²) in [5.41, 5.74) is 0.565. The number of ether oxygens (including phenoxy) is 1. The van der Waals surface area contributed by atoms with Crippen LogP contribution >= 0.6 is 0 Å². The van der Waals surface area contributed by atoms with Crippen molar-refractivity contribution >= 4 is 27.6 Å². The van der Waals surface area contributed by atoms with Crippen molar-refractivity contribution in [2.75, 3.05) is 11.4 Å². The van der Waals surface area contributed by atoms with Crippen LogP contribution in [-0.4, -0.2) is 37.5 Å². The van der Waals surface area contributed by atoms with Gasteiger partial charge in [0.05, 0.1) is 22.7 Å². The Morgan fingerprint density at radius 2 is 1.83 bits per heavy atom. The molecule has 0 saturated heterocycles. The number of anilines is 1. The Morgan fingerprint density at radius 1 is 1.17 bits per heavy atom. The van der Waals surface area contributed by atoms with Crippen molar-refractivity contribution in [3.63, 3.8) is 0 Å². The zero-order valence-electron chi connectivity index (χ0n) is 16.3. The zero-order valence-corrected chi connectivity index (χ0v) is 17.1. The first-order valence-corrected chi connectivity index (χ1v) is 10.4. The number of nitrogens with one attached hydrogen (secondary N) is 1. The van der Waals surface area contributed by atoms with Crippen molar-refractivity contribution in [3.8, 4) is 5.75 Å². The number of carbonyl (C=O) groups excluding carboxylic acids is 1. The summed E-state index contributed by atoms with van der Waals surface area (Å²) >= 11 is 0. The van der Waals surface area contributed by atoms with Crippen LogP contribution < -0.4 is 14.4 Å². The van der Waals surface area contributed by atoms with E-state index < -0.39 is 21.6 Å². The fraction of sp³-hybridized carbons (Fsp3) is 0.300. The molecule has 0 aromatic heterocycles. The molecule has 1 aliphatic rings. The summed E-state index contributed by atoms with van der Waals surface area (Å²) in [5, 5.41) is 8.92. The lowest BCUT2D eigenvalue weighted by Gasteiger charge is -2.39. The molecule has 2 N–H and O–H groups in total. The van der Waals surface area contributed by atoms with Crippen LogP contribution in [0.15, 0.2) is 47.4 Å². The number of sulfonamides is 1. The molecule has 2 aromatic rings. The van der Waals surface area contributed by atoms with Gasteiger partial charge < -0.3 is 14.7 Å². The van der Waals surface area contributed by atoms with Crippen LogP contribution in [0.25, 0.3) is 0 Å². The first kappa shape index (κ1) is 20.8. The lowest BCUT2D eigenvalue weighted by atomic mass is 10.1. The predicted octanol–water partition coefficient (Wildman–Crippen LogP) is 2.39. The summed E-state index contributed by atoms with van der Waals surface area (Å²) < 4.78 is 33.8. The van der Waals surface area contributed by atoms with E-state index in [-0.39, 0.29) is 22.9 Å². The van der Waals surface area contributed by atoms with Gasteiger partial charge >= 0.3 is 5.97 Å². The molecule has 1 amide bonds. The monoisotopic (exact) mass is 418 g/mol. The van der Waals surface area contributed by atoms with Crippen LogP contribution in [0.4, 0.5) is 5.69 Å². The molecule has 0 radical (unpaired) electrons. The lowest BCUT2D eigenvalue weighted by Crippen LogP contribution is -2.48. The predicted molar refractivity (Wildman–Crippen MR) is 107 cm³/mol. The highest BCUT2D eigenvalue weighted by molar-refractivity contribution is 7.89. The average molecular weight is 418 g/mol. The molecule has 29 heavy (non-hydrogen) atoms. The average Bonchev–Trinajstić information content (AvgIpc) is 2.65. The Balaban J connectivity index is 1.83. The Kier molecular flexibility index (Phi) is 5.38. The topological polar surface area (TPSA) is 113 Å². The molecule has 8 nitrogen and oxygen atoms in total. The van der Waals surface area contributed by atoms with Gasteiger partial charge in [-0.2, -0.15) is 0 Å². The molecule has 0 unspecified atom stereocenters. The van der Waals surface area contributed by atoms with Gasteiger partial charge in [0.1, 0.15) is 11.4 Å². The molecule has 2 aromatic carbocycles. The third-order valence-electron chi connectivity index (χ3n) is 4.50. The van der Waals surface area contributed by atoms with E-state index in [1.807, 2.05) is 13.8 Å². The summed E-state index contributed by atoms with van der Waals surface area (Å²) in [6.45, 7) is 5.44. The quantitative estimate of drug-likeness (QED) is 0.771. The maximum absolute atomic E-state index is 12.7. The third-order valence-corrected chi connectivity index (χ3v) is 5.90. The number of nitrogens with zero attached hydrogens (tertiary/aromatic N) is 1. The Morgan fingerprint density at radius 3 is 2.41 bits per heavy atom. The smallest absolute Gasteiger partial charge is 0.335 e. The zero-order chi connectivity index (χ0) is 21.4. The number of carboxylic acid groups (broad SMARTS) is 1. The van der Waals surface area contributed by atoms with E-state index in [1.54, 1.807) is 18.2 Å². The molecular formula is C20H22N2O6S. The van der Waals surface area contributed by atoms with Crippen molar-refractivity contribution in [2.45, 2.75) is 37.8 Å².